The second-order valence-electron chi connectivity index (χ2n) is 8.33. The molecule has 0 heterocycles. The summed E-state index contributed by atoms with van der Waals surface area (Å²) in [5.41, 5.74) is 0.845. The number of halogens is 1. The number of hydrogen-bond donors (Lipinski definition) is 3. The maximum Gasteiger partial charge on any atom is 0.240 e. The summed E-state index contributed by atoms with van der Waals surface area (Å²) in [7, 11) is -2.14. The largest absolute Gasteiger partial charge is 0.496 e. The number of carbonyl (C=O) groups is 2. The van der Waals surface area contributed by atoms with Crippen LogP contribution in [0.5, 0.6) is 5.75 Å². The average molecular weight is 492 g/mol. The molecule has 10 heteroatoms. The number of para-hydroxylation sites is 1. The molecule has 0 saturated heterocycles. The first-order chi connectivity index (χ1) is 16.3. The standard InChI is InChI=1S/C24H30FN3O5S/c1-33-22-5-3-2-4-19(22)15-26-23(29)16-27-24(30)18-8-6-17(7-9-18)14-28-34(31,32)21-12-10-20(25)11-13-21/h2-5,10-13,17-18,28H,6-9,14-16H2,1H3,(H,26,29)(H,27,30). The van der Waals surface area contributed by atoms with E-state index in [1.165, 1.54) is 12.1 Å². The molecule has 2 amide bonds. The normalized spacial score (nSPS) is 18.2. The predicted molar refractivity (Wildman–Crippen MR) is 125 cm³/mol. The summed E-state index contributed by atoms with van der Waals surface area (Å²) >= 11 is 0. The molecule has 0 spiro atoms. The third kappa shape index (κ3) is 7.26. The van der Waals surface area contributed by atoms with Crippen LogP contribution in [0.15, 0.2) is 53.4 Å². The van der Waals surface area contributed by atoms with Crippen molar-refractivity contribution in [1.82, 2.24) is 15.4 Å². The van der Waals surface area contributed by atoms with Crippen LogP contribution in [-0.2, 0) is 26.2 Å². The first-order valence-electron chi connectivity index (χ1n) is 11.2. The number of rotatable bonds is 10. The van der Waals surface area contributed by atoms with E-state index in [9.17, 15) is 22.4 Å². The second-order valence-corrected chi connectivity index (χ2v) is 10.1. The minimum absolute atomic E-state index is 0.0194. The number of nitrogens with one attached hydrogen (secondary N) is 3. The number of hydrogen-bond acceptors (Lipinski definition) is 5. The smallest absolute Gasteiger partial charge is 0.240 e. The summed E-state index contributed by atoms with van der Waals surface area (Å²) in [6, 6.07) is 12.0. The number of carbonyl (C=O) groups excluding carboxylic acids is 2. The predicted octanol–water partition coefficient (Wildman–Crippen LogP) is 2.35. The Bertz CT molecular complexity index is 1080. The molecular weight excluding hydrogens is 461 g/mol. The van der Waals surface area contributed by atoms with E-state index >= 15 is 0 Å². The van der Waals surface area contributed by atoms with Gasteiger partial charge in [0.1, 0.15) is 11.6 Å². The molecule has 184 valence electrons. The van der Waals surface area contributed by atoms with E-state index in [4.69, 9.17) is 4.74 Å². The van der Waals surface area contributed by atoms with Crippen LogP contribution in [0.3, 0.4) is 0 Å². The van der Waals surface area contributed by atoms with E-state index in [0.29, 0.717) is 38.0 Å². The molecule has 0 aliphatic heterocycles. The van der Waals surface area contributed by atoms with E-state index in [1.807, 2.05) is 24.3 Å². The Labute approximate surface area is 199 Å². The molecule has 0 radical (unpaired) electrons. The van der Waals surface area contributed by atoms with Crippen LogP contribution < -0.4 is 20.1 Å². The molecule has 34 heavy (non-hydrogen) atoms. The van der Waals surface area contributed by atoms with Gasteiger partial charge in [0.15, 0.2) is 0 Å². The third-order valence-electron chi connectivity index (χ3n) is 6.00. The number of ether oxygens (including phenoxy) is 1. The highest BCUT2D eigenvalue weighted by atomic mass is 32.2. The maximum absolute atomic E-state index is 13.0. The SMILES string of the molecule is COc1ccccc1CNC(=O)CNC(=O)C1CCC(CNS(=O)(=O)c2ccc(F)cc2)CC1. The summed E-state index contributed by atoms with van der Waals surface area (Å²) in [6.07, 6.45) is 2.64. The highest BCUT2D eigenvalue weighted by Crippen LogP contribution is 2.29. The molecule has 1 aliphatic rings. The van der Waals surface area contributed by atoms with Gasteiger partial charge in [-0.3, -0.25) is 9.59 Å². The highest BCUT2D eigenvalue weighted by Gasteiger charge is 2.27. The monoisotopic (exact) mass is 491 g/mol. The van der Waals surface area contributed by atoms with Gasteiger partial charge in [-0.25, -0.2) is 17.5 Å². The Hall–Kier alpha value is -2.98. The fourth-order valence-electron chi connectivity index (χ4n) is 3.97. The first-order valence-corrected chi connectivity index (χ1v) is 12.7. The lowest BCUT2D eigenvalue weighted by molar-refractivity contribution is -0.129. The molecule has 3 N–H and O–H groups in total. The van der Waals surface area contributed by atoms with Gasteiger partial charge in [-0.15, -0.1) is 0 Å². The van der Waals surface area contributed by atoms with E-state index in [-0.39, 0.29) is 41.6 Å². The van der Waals surface area contributed by atoms with Crippen LogP contribution in [-0.4, -0.2) is 40.4 Å². The van der Waals surface area contributed by atoms with Crippen molar-refractivity contribution in [3.63, 3.8) is 0 Å². The van der Waals surface area contributed by atoms with E-state index < -0.39 is 15.8 Å². The summed E-state index contributed by atoms with van der Waals surface area (Å²) in [5.74, 6) is -0.357. The minimum Gasteiger partial charge on any atom is -0.496 e. The van der Waals surface area contributed by atoms with Gasteiger partial charge in [-0.05, 0) is 61.9 Å². The zero-order chi connectivity index (χ0) is 24.6. The molecule has 3 rings (SSSR count). The van der Waals surface area contributed by atoms with Crippen molar-refractivity contribution in [2.75, 3.05) is 20.2 Å². The molecule has 8 nitrogen and oxygen atoms in total. The van der Waals surface area contributed by atoms with Crippen molar-refractivity contribution in [2.24, 2.45) is 11.8 Å². The molecule has 2 aromatic carbocycles. The van der Waals surface area contributed by atoms with Crippen LogP contribution in [0.2, 0.25) is 0 Å². The summed E-state index contributed by atoms with van der Waals surface area (Å²) in [5, 5.41) is 5.46. The van der Waals surface area contributed by atoms with Crippen molar-refractivity contribution >= 4 is 21.8 Å². The van der Waals surface area contributed by atoms with Gasteiger partial charge in [0.05, 0.1) is 18.6 Å². The molecule has 1 saturated carbocycles. The van der Waals surface area contributed by atoms with Gasteiger partial charge in [0, 0.05) is 24.6 Å². The molecule has 0 unspecified atom stereocenters. The van der Waals surface area contributed by atoms with Crippen molar-refractivity contribution in [3.8, 4) is 5.75 Å². The zero-order valence-electron chi connectivity index (χ0n) is 19.1. The summed E-state index contributed by atoms with van der Waals surface area (Å²) in [4.78, 5) is 24.6. The second kappa shape index (κ2) is 11.9. The first kappa shape index (κ1) is 25.6. The molecule has 0 aromatic heterocycles. The maximum atomic E-state index is 13.0. The van der Waals surface area contributed by atoms with Crippen molar-refractivity contribution in [3.05, 3.63) is 59.9 Å². The van der Waals surface area contributed by atoms with E-state index in [0.717, 1.165) is 17.7 Å². The Kier molecular flexibility index (Phi) is 9.00. The molecule has 2 aromatic rings. The Morgan fingerprint density at radius 3 is 2.35 bits per heavy atom. The van der Waals surface area contributed by atoms with Crippen molar-refractivity contribution in [2.45, 2.75) is 37.1 Å². The van der Waals surface area contributed by atoms with Crippen LogP contribution in [0, 0.1) is 17.7 Å². The lowest BCUT2D eigenvalue weighted by Crippen LogP contribution is -2.41. The van der Waals surface area contributed by atoms with E-state index in [2.05, 4.69) is 15.4 Å². The summed E-state index contributed by atoms with van der Waals surface area (Å²) in [6.45, 7) is 0.461. The van der Waals surface area contributed by atoms with Gasteiger partial charge in [0.2, 0.25) is 21.8 Å². The lowest BCUT2D eigenvalue weighted by atomic mass is 9.81. The fraction of sp³-hybridized carbons (Fsp3) is 0.417. The van der Waals surface area contributed by atoms with Crippen molar-refractivity contribution < 1.29 is 27.1 Å². The number of benzene rings is 2. The lowest BCUT2D eigenvalue weighted by Gasteiger charge is -2.27. The van der Waals surface area contributed by atoms with Gasteiger partial charge in [0.25, 0.3) is 0 Å². The van der Waals surface area contributed by atoms with Crippen LogP contribution in [0.4, 0.5) is 4.39 Å². The Morgan fingerprint density at radius 1 is 1.00 bits per heavy atom. The number of methoxy groups -OCH3 is 1. The molecule has 0 atom stereocenters. The number of amides is 2. The number of sulfonamides is 1. The van der Waals surface area contributed by atoms with E-state index in [1.54, 1.807) is 7.11 Å². The minimum atomic E-state index is -3.70. The molecular formula is C24H30FN3O5S. The Morgan fingerprint density at radius 2 is 1.68 bits per heavy atom. The van der Waals surface area contributed by atoms with Crippen LogP contribution in [0.25, 0.3) is 0 Å². The van der Waals surface area contributed by atoms with Crippen LogP contribution >= 0.6 is 0 Å². The average Bonchev–Trinajstić information content (AvgIpc) is 2.85. The van der Waals surface area contributed by atoms with Crippen LogP contribution in [0.1, 0.15) is 31.2 Å². The highest BCUT2D eigenvalue weighted by molar-refractivity contribution is 7.89. The quantitative estimate of drug-likeness (QED) is 0.472. The Balaban J connectivity index is 1.36. The van der Waals surface area contributed by atoms with Gasteiger partial charge in [-0.2, -0.15) is 0 Å². The third-order valence-corrected chi connectivity index (χ3v) is 7.43. The summed E-state index contributed by atoms with van der Waals surface area (Å²) < 4.78 is 45.5. The van der Waals surface area contributed by atoms with Crippen molar-refractivity contribution in [1.29, 1.82) is 0 Å². The molecule has 1 aliphatic carbocycles. The topological polar surface area (TPSA) is 114 Å². The molecule has 0 bridgehead atoms. The van der Waals surface area contributed by atoms with Gasteiger partial charge in [-0.1, -0.05) is 18.2 Å². The van der Waals surface area contributed by atoms with Gasteiger partial charge < -0.3 is 15.4 Å². The zero-order valence-corrected chi connectivity index (χ0v) is 19.9. The fourth-order valence-corrected chi connectivity index (χ4v) is 5.09. The molecule has 1 fully saturated rings. The van der Waals surface area contributed by atoms with Gasteiger partial charge >= 0.3 is 0 Å².